The summed E-state index contributed by atoms with van der Waals surface area (Å²) in [4.78, 5) is 28.2. The highest BCUT2D eigenvalue weighted by molar-refractivity contribution is 6.00. The summed E-state index contributed by atoms with van der Waals surface area (Å²) in [5.74, 6) is -0.173. The monoisotopic (exact) mass is 480 g/mol. The maximum absolute atomic E-state index is 11.9. The number of fused-ring (bicyclic) bond motifs is 1. The molecule has 0 bridgehead atoms. The van der Waals surface area contributed by atoms with E-state index in [1.807, 2.05) is 36.5 Å². The fraction of sp³-hybridized carbons (Fsp3) is 0.143. The van der Waals surface area contributed by atoms with Crippen molar-refractivity contribution in [1.29, 1.82) is 5.26 Å². The van der Waals surface area contributed by atoms with Gasteiger partial charge in [-0.1, -0.05) is 18.7 Å². The van der Waals surface area contributed by atoms with E-state index in [1.54, 1.807) is 43.0 Å². The van der Waals surface area contributed by atoms with Crippen LogP contribution in [0.15, 0.2) is 73.6 Å². The van der Waals surface area contributed by atoms with Crippen LogP contribution in [0.5, 0.6) is 5.75 Å². The van der Waals surface area contributed by atoms with E-state index in [1.165, 1.54) is 13.0 Å². The first-order valence-corrected chi connectivity index (χ1v) is 11.1. The SMILES string of the molecule is C=CC(=O)Nc1cc(OC)cc(-c2cnc3c(c2)c(-c2cccc(C#N)c2)cn3C(C)OC(C)=O)c1. The van der Waals surface area contributed by atoms with Gasteiger partial charge in [0, 0.05) is 47.6 Å². The number of esters is 1. The molecule has 1 amide bonds. The minimum absolute atomic E-state index is 0.334. The van der Waals surface area contributed by atoms with E-state index in [9.17, 15) is 14.9 Å². The van der Waals surface area contributed by atoms with Gasteiger partial charge in [0.2, 0.25) is 5.91 Å². The molecule has 4 rings (SSSR count). The van der Waals surface area contributed by atoms with E-state index < -0.39 is 12.2 Å². The summed E-state index contributed by atoms with van der Waals surface area (Å²) in [5, 5.41) is 13.0. The molecule has 36 heavy (non-hydrogen) atoms. The maximum atomic E-state index is 11.9. The Hall–Kier alpha value is -4.90. The number of amides is 1. The van der Waals surface area contributed by atoms with Crippen LogP contribution in [0.3, 0.4) is 0 Å². The number of rotatable bonds is 7. The Bertz CT molecular complexity index is 1530. The summed E-state index contributed by atoms with van der Waals surface area (Å²) in [6.07, 6.45) is 4.19. The second-order valence-corrected chi connectivity index (χ2v) is 8.09. The molecule has 1 N–H and O–H groups in total. The zero-order chi connectivity index (χ0) is 25.8. The maximum Gasteiger partial charge on any atom is 0.304 e. The van der Waals surface area contributed by atoms with Gasteiger partial charge in [0.1, 0.15) is 11.4 Å². The molecular weight excluding hydrogens is 456 g/mol. The number of nitrogens with zero attached hydrogens (tertiary/aromatic N) is 3. The number of nitriles is 1. The first kappa shape index (κ1) is 24.2. The van der Waals surface area contributed by atoms with Crippen LogP contribution in [-0.4, -0.2) is 28.5 Å². The summed E-state index contributed by atoms with van der Waals surface area (Å²) < 4.78 is 12.6. The molecule has 0 saturated carbocycles. The number of hydrogen-bond acceptors (Lipinski definition) is 6. The van der Waals surface area contributed by atoms with Gasteiger partial charge >= 0.3 is 5.97 Å². The van der Waals surface area contributed by atoms with Crippen LogP contribution < -0.4 is 10.1 Å². The molecule has 1 unspecified atom stereocenters. The van der Waals surface area contributed by atoms with E-state index in [4.69, 9.17) is 14.5 Å². The Morgan fingerprint density at radius 2 is 1.97 bits per heavy atom. The van der Waals surface area contributed by atoms with Gasteiger partial charge < -0.3 is 14.8 Å². The van der Waals surface area contributed by atoms with Gasteiger partial charge in [-0.05, 0) is 54.5 Å². The molecule has 0 radical (unpaired) electrons. The number of carbonyl (C=O) groups excluding carboxylic acids is 2. The van der Waals surface area contributed by atoms with Crippen LogP contribution in [0.4, 0.5) is 5.69 Å². The second kappa shape index (κ2) is 10.2. The number of aromatic nitrogens is 2. The molecule has 0 aliphatic heterocycles. The van der Waals surface area contributed by atoms with E-state index >= 15 is 0 Å². The van der Waals surface area contributed by atoms with Crippen molar-refractivity contribution in [2.24, 2.45) is 0 Å². The quantitative estimate of drug-likeness (QED) is 0.278. The van der Waals surface area contributed by atoms with Crippen LogP contribution >= 0.6 is 0 Å². The third kappa shape index (κ3) is 4.95. The predicted molar refractivity (Wildman–Crippen MR) is 137 cm³/mol. The summed E-state index contributed by atoms with van der Waals surface area (Å²) in [6, 6.07) is 16.8. The highest BCUT2D eigenvalue weighted by Crippen LogP contribution is 2.36. The van der Waals surface area contributed by atoms with E-state index in [0.29, 0.717) is 22.6 Å². The van der Waals surface area contributed by atoms with Crippen molar-refractivity contribution in [3.63, 3.8) is 0 Å². The lowest BCUT2D eigenvalue weighted by Gasteiger charge is -2.14. The number of ether oxygens (including phenoxy) is 2. The van der Waals surface area contributed by atoms with Crippen molar-refractivity contribution in [3.8, 4) is 34.1 Å². The summed E-state index contributed by atoms with van der Waals surface area (Å²) >= 11 is 0. The van der Waals surface area contributed by atoms with Gasteiger partial charge in [-0.15, -0.1) is 0 Å². The van der Waals surface area contributed by atoms with Crippen molar-refractivity contribution >= 4 is 28.6 Å². The summed E-state index contributed by atoms with van der Waals surface area (Å²) in [5.41, 5.74) is 4.92. The van der Waals surface area contributed by atoms with Crippen LogP contribution in [0.1, 0.15) is 25.6 Å². The molecule has 0 aliphatic carbocycles. The Labute approximate surface area is 208 Å². The topological polar surface area (TPSA) is 106 Å². The zero-order valence-corrected chi connectivity index (χ0v) is 20.1. The smallest absolute Gasteiger partial charge is 0.304 e. The van der Waals surface area contributed by atoms with Gasteiger partial charge in [0.25, 0.3) is 0 Å². The minimum Gasteiger partial charge on any atom is -0.497 e. The fourth-order valence-corrected chi connectivity index (χ4v) is 4.00. The number of pyridine rings is 1. The second-order valence-electron chi connectivity index (χ2n) is 8.09. The number of methoxy groups -OCH3 is 1. The Balaban J connectivity index is 1.91. The lowest BCUT2D eigenvalue weighted by atomic mass is 10.0. The molecule has 180 valence electrons. The standard InChI is InChI=1S/C28H24N4O4/c1-5-27(34)31-23-10-21(11-24(13-23)35-4)22-12-25-26(20-8-6-7-19(9-20)14-29)16-32(28(25)30-15-22)17(2)36-18(3)33/h5-13,15-17H,1H2,2-4H3,(H,31,34). The van der Waals surface area contributed by atoms with Crippen LogP contribution in [-0.2, 0) is 14.3 Å². The molecule has 4 aromatic rings. The highest BCUT2D eigenvalue weighted by Gasteiger charge is 2.18. The van der Waals surface area contributed by atoms with Gasteiger partial charge in [-0.2, -0.15) is 5.26 Å². The normalized spacial score (nSPS) is 11.4. The minimum atomic E-state index is -0.589. The lowest BCUT2D eigenvalue weighted by molar-refractivity contribution is -0.149. The molecule has 0 spiro atoms. The molecule has 0 aliphatic rings. The first-order chi connectivity index (χ1) is 17.3. The largest absolute Gasteiger partial charge is 0.497 e. The third-order valence-electron chi connectivity index (χ3n) is 5.63. The lowest BCUT2D eigenvalue weighted by Crippen LogP contribution is -2.11. The first-order valence-electron chi connectivity index (χ1n) is 11.1. The molecule has 8 heteroatoms. The Morgan fingerprint density at radius 3 is 2.67 bits per heavy atom. The number of anilines is 1. The predicted octanol–water partition coefficient (Wildman–Crippen LogP) is 5.46. The van der Waals surface area contributed by atoms with Gasteiger partial charge in [0.05, 0.1) is 18.7 Å². The number of carbonyl (C=O) groups is 2. The molecular formula is C28H24N4O4. The molecule has 1 atom stereocenters. The summed E-state index contributed by atoms with van der Waals surface area (Å²) in [7, 11) is 1.55. The van der Waals surface area contributed by atoms with Gasteiger partial charge in [0.15, 0.2) is 6.23 Å². The van der Waals surface area contributed by atoms with Crippen molar-refractivity contribution in [1.82, 2.24) is 9.55 Å². The van der Waals surface area contributed by atoms with Crippen molar-refractivity contribution < 1.29 is 19.1 Å². The van der Waals surface area contributed by atoms with E-state index in [-0.39, 0.29) is 5.91 Å². The zero-order valence-electron chi connectivity index (χ0n) is 20.1. The molecule has 2 aromatic carbocycles. The van der Waals surface area contributed by atoms with E-state index in [0.717, 1.165) is 27.6 Å². The van der Waals surface area contributed by atoms with Crippen molar-refractivity contribution in [2.45, 2.75) is 20.1 Å². The average molecular weight is 481 g/mol. The highest BCUT2D eigenvalue weighted by atomic mass is 16.6. The average Bonchev–Trinajstić information content (AvgIpc) is 3.27. The molecule has 0 fully saturated rings. The van der Waals surface area contributed by atoms with Crippen LogP contribution in [0.25, 0.3) is 33.3 Å². The Morgan fingerprint density at radius 1 is 1.17 bits per heavy atom. The van der Waals surface area contributed by atoms with Crippen LogP contribution in [0.2, 0.25) is 0 Å². The molecule has 8 nitrogen and oxygen atoms in total. The fourth-order valence-electron chi connectivity index (χ4n) is 4.00. The molecule has 0 saturated heterocycles. The van der Waals surface area contributed by atoms with Crippen LogP contribution in [0, 0.1) is 11.3 Å². The van der Waals surface area contributed by atoms with Gasteiger partial charge in [-0.3, -0.25) is 14.2 Å². The van der Waals surface area contributed by atoms with Gasteiger partial charge in [-0.25, -0.2) is 4.98 Å². The van der Waals surface area contributed by atoms with Crippen molar-refractivity contribution in [2.75, 3.05) is 12.4 Å². The van der Waals surface area contributed by atoms with E-state index in [2.05, 4.69) is 18.0 Å². The molecule has 2 heterocycles. The third-order valence-corrected chi connectivity index (χ3v) is 5.63. The van der Waals surface area contributed by atoms with Crippen molar-refractivity contribution in [3.05, 3.63) is 79.1 Å². The summed E-state index contributed by atoms with van der Waals surface area (Å²) in [6.45, 7) is 6.62. The number of benzene rings is 2. The molecule has 2 aromatic heterocycles. The number of nitrogens with one attached hydrogen (secondary N) is 1. The Kier molecular flexibility index (Phi) is 6.84. The number of hydrogen-bond donors (Lipinski definition) is 1.